The summed E-state index contributed by atoms with van der Waals surface area (Å²) in [6.07, 6.45) is 11.4. The number of rotatable bonds is 5. The van der Waals surface area contributed by atoms with E-state index in [9.17, 15) is 9.59 Å². The van der Waals surface area contributed by atoms with E-state index in [4.69, 9.17) is 0 Å². The van der Waals surface area contributed by atoms with Gasteiger partial charge in [0.05, 0.1) is 0 Å². The van der Waals surface area contributed by atoms with Crippen LogP contribution in [0.15, 0.2) is 0 Å². The van der Waals surface area contributed by atoms with Gasteiger partial charge < -0.3 is 10.6 Å². The molecule has 0 atom stereocenters. The third-order valence-corrected chi connectivity index (χ3v) is 4.68. The molecule has 0 aromatic carbocycles. The number of amides is 2. The van der Waals surface area contributed by atoms with Gasteiger partial charge in [0, 0.05) is 24.9 Å². The molecule has 0 bridgehead atoms. The Hall–Kier alpha value is -1.06. The molecule has 114 valence electrons. The fourth-order valence-corrected chi connectivity index (χ4v) is 3.39. The zero-order valence-corrected chi connectivity index (χ0v) is 12.5. The van der Waals surface area contributed by atoms with Crippen LogP contribution in [0.5, 0.6) is 0 Å². The van der Waals surface area contributed by atoms with Crippen LogP contribution in [0.3, 0.4) is 0 Å². The molecule has 0 radical (unpaired) electrons. The summed E-state index contributed by atoms with van der Waals surface area (Å²) in [5.74, 6) is 0.767. The summed E-state index contributed by atoms with van der Waals surface area (Å²) in [5.41, 5.74) is 0. The van der Waals surface area contributed by atoms with Gasteiger partial charge in [-0.1, -0.05) is 38.5 Å². The summed E-state index contributed by atoms with van der Waals surface area (Å²) < 4.78 is 0. The largest absolute Gasteiger partial charge is 0.354 e. The smallest absolute Gasteiger partial charge is 0.223 e. The number of nitrogens with one attached hydrogen (secondary N) is 2. The minimum absolute atomic E-state index is 0.177. The summed E-state index contributed by atoms with van der Waals surface area (Å²) >= 11 is 0. The number of hydrogen-bond donors (Lipinski definition) is 2. The van der Waals surface area contributed by atoms with Gasteiger partial charge in [0.2, 0.25) is 11.8 Å². The molecule has 20 heavy (non-hydrogen) atoms. The van der Waals surface area contributed by atoms with E-state index in [0.717, 1.165) is 25.7 Å². The van der Waals surface area contributed by atoms with Gasteiger partial charge in [0.25, 0.3) is 0 Å². The van der Waals surface area contributed by atoms with Gasteiger partial charge in [-0.3, -0.25) is 9.59 Å². The van der Waals surface area contributed by atoms with E-state index in [1.807, 2.05) is 0 Å². The average Bonchev–Trinajstić information content (AvgIpc) is 2.53. The molecule has 4 nitrogen and oxygen atoms in total. The van der Waals surface area contributed by atoms with Crippen molar-refractivity contribution in [3.05, 3.63) is 0 Å². The first-order chi connectivity index (χ1) is 9.77. The Labute approximate surface area is 122 Å². The number of carbonyl (C=O) groups excluding carboxylic acids is 2. The van der Waals surface area contributed by atoms with Crippen LogP contribution in [0.1, 0.15) is 64.2 Å². The topological polar surface area (TPSA) is 58.2 Å². The van der Waals surface area contributed by atoms with Crippen molar-refractivity contribution in [3.8, 4) is 0 Å². The van der Waals surface area contributed by atoms with E-state index in [1.165, 1.54) is 38.5 Å². The maximum absolute atomic E-state index is 11.9. The maximum atomic E-state index is 11.9. The van der Waals surface area contributed by atoms with Gasteiger partial charge in [-0.2, -0.15) is 0 Å². The van der Waals surface area contributed by atoms with Crippen LogP contribution in [0.4, 0.5) is 0 Å². The molecule has 4 heteroatoms. The molecule has 0 saturated heterocycles. The second-order valence-electron chi connectivity index (χ2n) is 6.25. The predicted octanol–water partition coefficient (Wildman–Crippen LogP) is 2.38. The maximum Gasteiger partial charge on any atom is 0.223 e. The van der Waals surface area contributed by atoms with Crippen LogP contribution in [-0.4, -0.2) is 24.9 Å². The molecule has 0 heterocycles. The number of carbonyl (C=O) groups is 2. The second kappa shape index (κ2) is 8.28. The van der Waals surface area contributed by atoms with E-state index in [2.05, 4.69) is 10.6 Å². The van der Waals surface area contributed by atoms with E-state index in [1.54, 1.807) is 0 Å². The zero-order chi connectivity index (χ0) is 14.2. The summed E-state index contributed by atoms with van der Waals surface area (Å²) in [4.78, 5) is 23.8. The van der Waals surface area contributed by atoms with Crippen molar-refractivity contribution in [1.82, 2.24) is 10.6 Å². The highest BCUT2D eigenvalue weighted by atomic mass is 16.2. The van der Waals surface area contributed by atoms with Crippen molar-refractivity contribution in [2.45, 2.75) is 64.2 Å². The van der Waals surface area contributed by atoms with Gasteiger partial charge >= 0.3 is 0 Å². The fourth-order valence-electron chi connectivity index (χ4n) is 3.39. The van der Waals surface area contributed by atoms with Crippen LogP contribution in [0.2, 0.25) is 0 Å². The first-order valence-corrected chi connectivity index (χ1v) is 8.33. The second-order valence-corrected chi connectivity index (χ2v) is 6.25. The highest BCUT2D eigenvalue weighted by Crippen LogP contribution is 2.24. The van der Waals surface area contributed by atoms with Crippen LogP contribution >= 0.6 is 0 Å². The van der Waals surface area contributed by atoms with Crippen molar-refractivity contribution in [3.63, 3.8) is 0 Å². The summed E-state index contributed by atoms with van der Waals surface area (Å²) in [7, 11) is 0. The minimum Gasteiger partial charge on any atom is -0.354 e. The molecule has 2 aliphatic carbocycles. The molecule has 2 fully saturated rings. The molecular weight excluding hydrogens is 252 g/mol. The van der Waals surface area contributed by atoms with Crippen molar-refractivity contribution >= 4 is 11.8 Å². The van der Waals surface area contributed by atoms with Crippen LogP contribution in [0.25, 0.3) is 0 Å². The first-order valence-electron chi connectivity index (χ1n) is 8.33. The molecule has 0 spiro atoms. The molecule has 0 aromatic rings. The highest BCUT2D eigenvalue weighted by molar-refractivity contribution is 5.79. The predicted molar refractivity (Wildman–Crippen MR) is 79.2 cm³/mol. The van der Waals surface area contributed by atoms with Gasteiger partial charge in [-0.05, 0) is 25.7 Å². The van der Waals surface area contributed by atoms with Crippen molar-refractivity contribution < 1.29 is 9.59 Å². The van der Waals surface area contributed by atoms with E-state index in [-0.39, 0.29) is 23.7 Å². The summed E-state index contributed by atoms with van der Waals surface area (Å²) in [6.45, 7) is 1.13. The molecule has 0 aliphatic heterocycles. The Kier molecular flexibility index (Phi) is 6.34. The molecule has 2 saturated carbocycles. The van der Waals surface area contributed by atoms with Crippen LogP contribution in [-0.2, 0) is 9.59 Å². The SMILES string of the molecule is O=C(NCCNC(=O)C1CCCCC1)C1CCCCC1. The minimum atomic E-state index is 0.177. The van der Waals surface area contributed by atoms with Crippen molar-refractivity contribution in [1.29, 1.82) is 0 Å². The molecule has 0 unspecified atom stereocenters. The Morgan fingerprint density at radius 3 is 1.35 bits per heavy atom. The highest BCUT2D eigenvalue weighted by Gasteiger charge is 2.22. The third-order valence-electron chi connectivity index (χ3n) is 4.68. The number of hydrogen-bond acceptors (Lipinski definition) is 2. The monoisotopic (exact) mass is 280 g/mol. The molecular formula is C16H28N2O2. The fraction of sp³-hybridized carbons (Fsp3) is 0.875. The standard InChI is InChI=1S/C16H28N2O2/c19-15(13-7-3-1-4-8-13)17-11-12-18-16(20)14-9-5-2-6-10-14/h13-14H,1-12H2,(H,17,19)(H,18,20). The molecule has 2 aliphatic rings. The van der Waals surface area contributed by atoms with Gasteiger partial charge in [-0.25, -0.2) is 0 Å². The molecule has 2 amide bonds. The quantitative estimate of drug-likeness (QED) is 0.760. The Balaban J connectivity index is 1.56. The van der Waals surface area contributed by atoms with E-state index < -0.39 is 0 Å². The lowest BCUT2D eigenvalue weighted by molar-refractivity contribution is -0.127. The Morgan fingerprint density at radius 1 is 0.650 bits per heavy atom. The normalized spacial score (nSPS) is 21.4. The van der Waals surface area contributed by atoms with Gasteiger partial charge in [-0.15, -0.1) is 0 Å². The summed E-state index contributed by atoms with van der Waals surface area (Å²) in [5, 5.41) is 5.91. The van der Waals surface area contributed by atoms with E-state index >= 15 is 0 Å². The zero-order valence-electron chi connectivity index (χ0n) is 12.5. The van der Waals surface area contributed by atoms with Crippen molar-refractivity contribution in [2.75, 3.05) is 13.1 Å². The van der Waals surface area contributed by atoms with Crippen LogP contribution in [0, 0.1) is 11.8 Å². The van der Waals surface area contributed by atoms with Crippen molar-refractivity contribution in [2.24, 2.45) is 11.8 Å². The lowest BCUT2D eigenvalue weighted by Gasteiger charge is -2.22. The molecule has 2 N–H and O–H groups in total. The first kappa shape index (κ1) is 15.3. The lowest BCUT2D eigenvalue weighted by Crippen LogP contribution is -2.40. The Bertz CT molecular complexity index is 286. The molecule has 2 rings (SSSR count). The van der Waals surface area contributed by atoms with Gasteiger partial charge in [0.1, 0.15) is 0 Å². The average molecular weight is 280 g/mol. The lowest BCUT2D eigenvalue weighted by atomic mass is 9.88. The third kappa shape index (κ3) is 4.80. The van der Waals surface area contributed by atoms with Crippen LogP contribution < -0.4 is 10.6 Å². The van der Waals surface area contributed by atoms with Gasteiger partial charge in [0.15, 0.2) is 0 Å². The summed E-state index contributed by atoms with van der Waals surface area (Å²) in [6, 6.07) is 0. The Morgan fingerprint density at radius 2 is 1.00 bits per heavy atom. The molecule has 0 aromatic heterocycles. The van der Waals surface area contributed by atoms with E-state index in [0.29, 0.717) is 13.1 Å².